The number of aromatic amines is 1. The number of nitrogens with zero attached hydrogens (tertiary/aromatic N) is 1. The summed E-state index contributed by atoms with van der Waals surface area (Å²) >= 11 is 0. The van der Waals surface area contributed by atoms with Gasteiger partial charge in [0.05, 0.1) is 5.75 Å². The van der Waals surface area contributed by atoms with E-state index in [-0.39, 0.29) is 0 Å². The first-order chi connectivity index (χ1) is 12.4. The van der Waals surface area contributed by atoms with Gasteiger partial charge in [0, 0.05) is 37.1 Å². The second-order valence-corrected chi connectivity index (χ2v) is 8.69. The SMILES string of the molecule is CCCC(=O)O.CNS1(Cc2ccc3[nH]cc(CCN(C)C)c3c2)OO1. The minimum Gasteiger partial charge on any atom is -0.481 e. The van der Waals surface area contributed by atoms with Crippen LogP contribution >= 0.6 is 10.8 Å². The van der Waals surface area contributed by atoms with E-state index in [9.17, 15) is 4.79 Å². The summed E-state index contributed by atoms with van der Waals surface area (Å²) in [5, 5.41) is 9.22. The molecular weight excluding hydrogens is 354 g/mol. The van der Waals surface area contributed by atoms with E-state index in [1.807, 2.05) is 14.0 Å². The van der Waals surface area contributed by atoms with Crippen LogP contribution in [0, 0.1) is 0 Å². The molecule has 0 saturated carbocycles. The Morgan fingerprint density at radius 1 is 1.35 bits per heavy atom. The lowest BCUT2D eigenvalue weighted by Crippen LogP contribution is -2.14. The second kappa shape index (κ2) is 9.38. The zero-order valence-corrected chi connectivity index (χ0v) is 16.7. The van der Waals surface area contributed by atoms with Crippen LogP contribution in [-0.4, -0.2) is 48.6 Å². The molecule has 1 aromatic carbocycles. The number of aliphatic carboxylic acids is 1. The van der Waals surface area contributed by atoms with Crippen LogP contribution in [0.2, 0.25) is 0 Å². The Kier molecular flexibility index (Phi) is 7.48. The maximum absolute atomic E-state index is 9.60. The number of likely N-dealkylation sites (N-methyl/N-ethyl adjacent to an activating group) is 1. The number of nitrogens with one attached hydrogen (secondary N) is 2. The van der Waals surface area contributed by atoms with Crippen LogP contribution in [0.3, 0.4) is 0 Å². The highest BCUT2D eigenvalue weighted by Gasteiger charge is 2.37. The Labute approximate surface area is 156 Å². The van der Waals surface area contributed by atoms with Crippen LogP contribution in [0.5, 0.6) is 0 Å². The van der Waals surface area contributed by atoms with Gasteiger partial charge in [-0.05, 0) is 50.2 Å². The number of carboxylic acid groups (broad SMARTS) is 1. The van der Waals surface area contributed by atoms with Gasteiger partial charge >= 0.3 is 5.97 Å². The molecule has 1 aromatic heterocycles. The lowest BCUT2D eigenvalue weighted by Gasteiger charge is -2.14. The van der Waals surface area contributed by atoms with E-state index in [4.69, 9.17) is 13.8 Å². The molecule has 0 atom stereocenters. The van der Waals surface area contributed by atoms with E-state index in [1.165, 1.54) is 22.0 Å². The Bertz CT molecular complexity index is 728. The van der Waals surface area contributed by atoms with Crippen molar-refractivity contribution in [3.05, 3.63) is 35.5 Å². The summed E-state index contributed by atoms with van der Waals surface area (Å²) in [4.78, 5) is 15.1. The van der Waals surface area contributed by atoms with E-state index < -0.39 is 16.7 Å². The molecule has 0 spiro atoms. The maximum Gasteiger partial charge on any atom is 0.303 e. The highest BCUT2D eigenvalue weighted by Crippen LogP contribution is 2.63. The second-order valence-electron chi connectivity index (χ2n) is 6.49. The van der Waals surface area contributed by atoms with Crippen molar-refractivity contribution in [1.29, 1.82) is 0 Å². The van der Waals surface area contributed by atoms with Gasteiger partial charge in [-0.2, -0.15) is 0 Å². The summed E-state index contributed by atoms with van der Waals surface area (Å²) in [5.74, 6) is 0.0788. The Morgan fingerprint density at radius 2 is 2.08 bits per heavy atom. The lowest BCUT2D eigenvalue weighted by molar-refractivity contribution is -0.137. The molecule has 1 fully saturated rings. The largest absolute Gasteiger partial charge is 0.481 e. The van der Waals surface area contributed by atoms with E-state index in [1.54, 1.807) is 0 Å². The molecule has 0 radical (unpaired) electrons. The van der Waals surface area contributed by atoms with Gasteiger partial charge in [-0.3, -0.25) is 4.79 Å². The van der Waals surface area contributed by atoms with Crippen LogP contribution < -0.4 is 4.72 Å². The van der Waals surface area contributed by atoms with Crippen LogP contribution in [0.15, 0.2) is 24.4 Å². The zero-order chi connectivity index (χ0) is 19.2. The number of rotatable bonds is 8. The summed E-state index contributed by atoms with van der Waals surface area (Å²) in [7, 11) is 4.59. The molecule has 0 amide bonds. The number of hydrogen-bond donors (Lipinski definition) is 3. The molecule has 26 heavy (non-hydrogen) atoms. The standard InChI is InChI=1S/C14H21N3O2S.C4H8O2/c1-15-20(18-19-20)10-11-4-5-14-13(8-11)12(9-16-14)6-7-17(2)3;1-2-3-4(5)6/h4-5,8-9,15-16H,6-7,10H2,1-3H3;2-3H2,1H3,(H,5,6). The molecule has 1 aliphatic rings. The quantitative estimate of drug-likeness (QED) is 0.478. The fourth-order valence-electron chi connectivity index (χ4n) is 2.52. The van der Waals surface area contributed by atoms with Gasteiger partial charge in [0.25, 0.3) is 0 Å². The third-order valence-electron chi connectivity index (χ3n) is 4.02. The zero-order valence-electron chi connectivity index (χ0n) is 15.9. The predicted molar refractivity (Wildman–Crippen MR) is 106 cm³/mol. The van der Waals surface area contributed by atoms with Crippen molar-refractivity contribution < 1.29 is 18.6 Å². The molecule has 1 saturated heterocycles. The monoisotopic (exact) mass is 383 g/mol. The molecule has 8 heteroatoms. The molecule has 2 aromatic rings. The van der Waals surface area contributed by atoms with Gasteiger partial charge in [-0.15, -0.1) is 0 Å². The molecule has 3 rings (SSSR count). The fraction of sp³-hybridized carbons (Fsp3) is 0.500. The number of fused-ring (bicyclic) bond motifs is 1. The number of aromatic nitrogens is 1. The van der Waals surface area contributed by atoms with Gasteiger partial charge in [0.1, 0.15) is 0 Å². The van der Waals surface area contributed by atoms with Crippen LogP contribution in [0.1, 0.15) is 30.9 Å². The van der Waals surface area contributed by atoms with Crippen molar-refractivity contribution in [2.24, 2.45) is 0 Å². The Balaban J connectivity index is 0.000000352. The van der Waals surface area contributed by atoms with Gasteiger partial charge in [0.15, 0.2) is 0 Å². The van der Waals surface area contributed by atoms with E-state index in [0.29, 0.717) is 6.42 Å². The summed E-state index contributed by atoms with van der Waals surface area (Å²) in [5.41, 5.74) is 3.79. The Hall–Kier alpha value is -1.58. The van der Waals surface area contributed by atoms with Gasteiger partial charge < -0.3 is 15.0 Å². The van der Waals surface area contributed by atoms with E-state index >= 15 is 0 Å². The molecule has 1 aliphatic heterocycles. The maximum atomic E-state index is 9.60. The van der Waals surface area contributed by atoms with Crippen LogP contribution in [0.4, 0.5) is 0 Å². The van der Waals surface area contributed by atoms with Crippen molar-refractivity contribution in [2.45, 2.75) is 31.9 Å². The van der Waals surface area contributed by atoms with Crippen LogP contribution in [0.25, 0.3) is 10.9 Å². The summed E-state index contributed by atoms with van der Waals surface area (Å²) < 4.78 is 13.3. The Morgan fingerprint density at radius 3 is 2.58 bits per heavy atom. The minimum absolute atomic E-state index is 0.292. The van der Waals surface area contributed by atoms with Crippen LogP contribution in [-0.2, 0) is 25.6 Å². The highest BCUT2D eigenvalue weighted by molar-refractivity contribution is 8.26. The topological polar surface area (TPSA) is 93.4 Å². The average Bonchev–Trinajstić information content (AvgIpc) is 3.25. The molecule has 7 nitrogen and oxygen atoms in total. The van der Waals surface area contributed by atoms with Gasteiger partial charge in [-0.1, -0.05) is 32.4 Å². The third-order valence-corrected chi connectivity index (χ3v) is 5.82. The summed E-state index contributed by atoms with van der Waals surface area (Å²) in [6.07, 6.45) is 4.19. The molecule has 2 heterocycles. The number of H-pyrrole nitrogens is 1. The smallest absolute Gasteiger partial charge is 0.303 e. The average molecular weight is 384 g/mol. The number of carbonyl (C=O) groups is 1. The lowest BCUT2D eigenvalue weighted by atomic mass is 10.1. The first-order valence-corrected chi connectivity index (χ1v) is 10.4. The van der Waals surface area contributed by atoms with Crippen molar-refractivity contribution in [1.82, 2.24) is 14.6 Å². The first-order valence-electron chi connectivity index (χ1n) is 8.71. The number of benzene rings is 1. The fourth-order valence-corrected chi connectivity index (χ4v) is 3.78. The molecule has 0 unspecified atom stereocenters. The summed E-state index contributed by atoms with van der Waals surface area (Å²) in [6, 6.07) is 6.51. The van der Waals surface area contributed by atoms with Crippen molar-refractivity contribution in [3.63, 3.8) is 0 Å². The van der Waals surface area contributed by atoms with E-state index in [0.717, 1.165) is 25.1 Å². The van der Waals surface area contributed by atoms with Gasteiger partial charge in [-0.25, -0.2) is 4.72 Å². The highest BCUT2D eigenvalue weighted by atomic mass is 32.3. The molecular formula is C18H29N3O4S. The predicted octanol–water partition coefficient (Wildman–Crippen LogP) is 3.37. The minimum atomic E-state index is -1.48. The van der Waals surface area contributed by atoms with E-state index in [2.05, 4.69) is 53.1 Å². The third kappa shape index (κ3) is 6.00. The first kappa shape index (κ1) is 20.7. The summed E-state index contributed by atoms with van der Waals surface area (Å²) in [6.45, 7) is 2.89. The van der Waals surface area contributed by atoms with Crippen molar-refractivity contribution in [3.8, 4) is 0 Å². The number of hydrogen-bond acceptors (Lipinski definition) is 5. The molecule has 0 bridgehead atoms. The van der Waals surface area contributed by atoms with Crippen molar-refractivity contribution >= 4 is 27.6 Å². The molecule has 146 valence electrons. The molecule has 0 aliphatic carbocycles. The molecule has 3 N–H and O–H groups in total. The number of carboxylic acids is 1. The normalized spacial score (nSPS) is 16.2. The van der Waals surface area contributed by atoms with Crippen molar-refractivity contribution in [2.75, 3.05) is 27.7 Å². The van der Waals surface area contributed by atoms with Gasteiger partial charge in [0.2, 0.25) is 0 Å².